The minimum Gasteiger partial charge on any atom is -0.503 e. The number of allylic oxidation sites excluding steroid dienone is 1. The normalized spacial score (nSPS) is 16.5. The summed E-state index contributed by atoms with van der Waals surface area (Å²) in [6, 6.07) is 15.6. The number of rotatable bonds is 6. The molecule has 7 heteroatoms. The molecule has 1 amide bonds. The quantitative estimate of drug-likeness (QED) is 0.603. The first-order chi connectivity index (χ1) is 14.6. The van der Waals surface area contributed by atoms with Crippen LogP contribution in [0.15, 0.2) is 83.6 Å². The van der Waals surface area contributed by atoms with Gasteiger partial charge in [0, 0.05) is 11.6 Å². The zero-order valence-corrected chi connectivity index (χ0v) is 16.9. The highest BCUT2D eigenvalue weighted by atomic mass is 32.1. The van der Waals surface area contributed by atoms with Crippen molar-refractivity contribution in [3.63, 3.8) is 0 Å². The molecular formula is C23H18N2O4S. The van der Waals surface area contributed by atoms with Crippen LogP contribution in [0.25, 0.3) is 6.08 Å². The Hall–Kier alpha value is -3.71. The maximum atomic E-state index is 13.1. The predicted octanol–water partition coefficient (Wildman–Crippen LogP) is 4.33. The third kappa shape index (κ3) is 3.62. The van der Waals surface area contributed by atoms with Crippen molar-refractivity contribution in [3.05, 3.63) is 94.7 Å². The Balaban J connectivity index is 1.78. The molecule has 1 aliphatic rings. The van der Waals surface area contributed by atoms with Crippen LogP contribution in [0.5, 0.6) is 5.75 Å². The fourth-order valence-electron chi connectivity index (χ4n) is 3.34. The molecule has 6 nitrogen and oxygen atoms in total. The summed E-state index contributed by atoms with van der Waals surface area (Å²) in [5.74, 6) is -1.09. The first-order valence-electron chi connectivity index (χ1n) is 9.17. The van der Waals surface area contributed by atoms with Crippen LogP contribution >= 0.6 is 11.3 Å². The van der Waals surface area contributed by atoms with Gasteiger partial charge in [0.05, 0.1) is 18.7 Å². The SMILES string of the molecule is COc1cccc(C2C(C(=O)C=Cc3ccccc3)=C(O)C(=O)N2c2nccs2)c1. The van der Waals surface area contributed by atoms with E-state index in [1.54, 1.807) is 49.0 Å². The number of methoxy groups -OCH3 is 1. The lowest BCUT2D eigenvalue weighted by molar-refractivity contribution is -0.117. The molecule has 1 aromatic heterocycles. The summed E-state index contributed by atoms with van der Waals surface area (Å²) in [5.41, 5.74) is 1.49. The van der Waals surface area contributed by atoms with Crippen molar-refractivity contribution < 1.29 is 19.4 Å². The van der Waals surface area contributed by atoms with E-state index in [4.69, 9.17) is 4.74 Å². The minimum atomic E-state index is -0.813. The molecule has 4 rings (SSSR count). The molecule has 2 heterocycles. The van der Waals surface area contributed by atoms with Crippen LogP contribution in [-0.4, -0.2) is 28.9 Å². The van der Waals surface area contributed by atoms with E-state index in [0.29, 0.717) is 16.4 Å². The molecule has 1 N–H and O–H groups in total. The fraction of sp³-hybridized carbons (Fsp3) is 0.0870. The summed E-state index contributed by atoms with van der Waals surface area (Å²) in [5, 5.41) is 12.8. The molecular weight excluding hydrogens is 400 g/mol. The van der Waals surface area contributed by atoms with Crippen LogP contribution in [-0.2, 0) is 9.59 Å². The number of aromatic nitrogens is 1. The Morgan fingerprint density at radius 2 is 2.00 bits per heavy atom. The zero-order chi connectivity index (χ0) is 21.1. The van der Waals surface area contributed by atoms with Gasteiger partial charge in [0.2, 0.25) is 0 Å². The number of benzene rings is 2. The molecule has 0 radical (unpaired) electrons. The molecule has 0 saturated carbocycles. The number of amides is 1. The number of nitrogens with zero attached hydrogens (tertiary/aromatic N) is 2. The van der Waals surface area contributed by atoms with Crippen LogP contribution in [0.1, 0.15) is 17.2 Å². The highest BCUT2D eigenvalue weighted by Gasteiger charge is 2.44. The van der Waals surface area contributed by atoms with Crippen LogP contribution in [0.3, 0.4) is 0 Å². The van der Waals surface area contributed by atoms with E-state index in [1.807, 2.05) is 30.3 Å². The van der Waals surface area contributed by atoms with Gasteiger partial charge in [-0.25, -0.2) is 4.98 Å². The van der Waals surface area contributed by atoms with Gasteiger partial charge in [-0.15, -0.1) is 11.3 Å². The van der Waals surface area contributed by atoms with Gasteiger partial charge in [-0.3, -0.25) is 14.5 Å². The molecule has 150 valence electrons. The molecule has 0 bridgehead atoms. The van der Waals surface area contributed by atoms with Crippen molar-refractivity contribution in [3.8, 4) is 5.75 Å². The largest absolute Gasteiger partial charge is 0.503 e. The van der Waals surface area contributed by atoms with Gasteiger partial charge in [0.25, 0.3) is 5.91 Å². The summed E-state index contributed by atoms with van der Waals surface area (Å²) in [4.78, 5) is 31.6. The number of hydrogen-bond acceptors (Lipinski definition) is 6. The number of thiazole rings is 1. The molecule has 1 atom stereocenters. The Kier molecular flexibility index (Phi) is 5.45. The third-order valence-corrected chi connectivity index (χ3v) is 5.51. The number of aliphatic hydroxyl groups excluding tert-OH is 1. The molecule has 30 heavy (non-hydrogen) atoms. The number of carbonyl (C=O) groups is 2. The van der Waals surface area contributed by atoms with Gasteiger partial charge in [0.1, 0.15) is 5.75 Å². The second kappa shape index (κ2) is 8.34. The summed E-state index contributed by atoms with van der Waals surface area (Å²) in [6.07, 6.45) is 4.59. The second-order valence-electron chi connectivity index (χ2n) is 6.54. The first kappa shape index (κ1) is 19.6. The highest BCUT2D eigenvalue weighted by Crippen LogP contribution is 2.42. The Labute approximate surface area is 177 Å². The lowest BCUT2D eigenvalue weighted by Crippen LogP contribution is -2.30. The van der Waals surface area contributed by atoms with Gasteiger partial charge in [-0.2, -0.15) is 0 Å². The molecule has 0 saturated heterocycles. The summed E-state index contributed by atoms with van der Waals surface area (Å²) in [6.45, 7) is 0. The maximum Gasteiger partial charge on any atom is 0.296 e. The van der Waals surface area contributed by atoms with Crippen molar-refractivity contribution in [2.45, 2.75) is 6.04 Å². The minimum absolute atomic E-state index is 0.00985. The number of anilines is 1. The van der Waals surface area contributed by atoms with E-state index >= 15 is 0 Å². The first-order valence-corrected chi connectivity index (χ1v) is 10.1. The standard InChI is InChI=1S/C23H18N2O4S/c1-29-17-9-5-8-16(14-17)20-19(18(26)11-10-15-6-3-2-4-7-15)21(27)22(28)25(20)23-24-12-13-30-23/h2-14,20,27H,1H3. The van der Waals surface area contributed by atoms with E-state index in [0.717, 1.165) is 5.56 Å². The number of aliphatic hydroxyl groups is 1. The van der Waals surface area contributed by atoms with E-state index in [2.05, 4.69) is 4.98 Å². The Morgan fingerprint density at radius 3 is 2.70 bits per heavy atom. The van der Waals surface area contributed by atoms with Crippen molar-refractivity contribution in [2.24, 2.45) is 0 Å². The summed E-state index contributed by atoms with van der Waals surface area (Å²) < 4.78 is 5.30. The van der Waals surface area contributed by atoms with Crippen LogP contribution in [0.4, 0.5) is 5.13 Å². The Bertz CT molecular complexity index is 1140. The lowest BCUT2D eigenvalue weighted by atomic mass is 9.95. The van der Waals surface area contributed by atoms with Crippen molar-refractivity contribution >= 4 is 34.2 Å². The average Bonchev–Trinajstić information content (AvgIpc) is 3.40. The smallest absolute Gasteiger partial charge is 0.296 e. The highest BCUT2D eigenvalue weighted by molar-refractivity contribution is 7.13. The molecule has 3 aromatic rings. The molecule has 1 aliphatic heterocycles. The second-order valence-corrected chi connectivity index (χ2v) is 7.41. The predicted molar refractivity (Wildman–Crippen MR) is 115 cm³/mol. The van der Waals surface area contributed by atoms with Crippen LogP contribution < -0.4 is 9.64 Å². The lowest BCUT2D eigenvalue weighted by Gasteiger charge is -2.24. The van der Waals surface area contributed by atoms with Gasteiger partial charge in [-0.05, 0) is 29.3 Å². The van der Waals surface area contributed by atoms with Gasteiger partial charge in [0.15, 0.2) is 16.7 Å². The number of ether oxygens (including phenoxy) is 1. The van der Waals surface area contributed by atoms with E-state index in [1.165, 1.54) is 22.3 Å². The zero-order valence-electron chi connectivity index (χ0n) is 16.1. The number of carbonyl (C=O) groups excluding carboxylic acids is 2. The average molecular weight is 418 g/mol. The molecule has 0 aliphatic carbocycles. The monoisotopic (exact) mass is 418 g/mol. The van der Waals surface area contributed by atoms with Gasteiger partial charge < -0.3 is 9.84 Å². The van der Waals surface area contributed by atoms with Crippen molar-refractivity contribution in [1.29, 1.82) is 0 Å². The number of hydrogen-bond donors (Lipinski definition) is 1. The van der Waals surface area contributed by atoms with Crippen LogP contribution in [0.2, 0.25) is 0 Å². The molecule has 1 unspecified atom stereocenters. The molecule has 0 spiro atoms. The van der Waals surface area contributed by atoms with Crippen molar-refractivity contribution in [2.75, 3.05) is 12.0 Å². The molecule has 0 fully saturated rings. The fourth-order valence-corrected chi connectivity index (χ4v) is 4.01. The van der Waals surface area contributed by atoms with Gasteiger partial charge in [-0.1, -0.05) is 48.5 Å². The Morgan fingerprint density at radius 1 is 1.20 bits per heavy atom. The van der Waals surface area contributed by atoms with E-state index < -0.39 is 23.5 Å². The summed E-state index contributed by atoms with van der Waals surface area (Å²) in [7, 11) is 1.54. The topological polar surface area (TPSA) is 79.7 Å². The summed E-state index contributed by atoms with van der Waals surface area (Å²) >= 11 is 1.25. The van der Waals surface area contributed by atoms with E-state index in [-0.39, 0.29) is 5.57 Å². The van der Waals surface area contributed by atoms with E-state index in [9.17, 15) is 14.7 Å². The number of ketones is 1. The maximum absolute atomic E-state index is 13.1. The third-order valence-electron chi connectivity index (χ3n) is 4.74. The van der Waals surface area contributed by atoms with Gasteiger partial charge >= 0.3 is 0 Å². The van der Waals surface area contributed by atoms with Crippen LogP contribution in [0, 0.1) is 0 Å². The van der Waals surface area contributed by atoms with Crippen molar-refractivity contribution in [1.82, 2.24) is 4.98 Å². The molecule has 2 aromatic carbocycles.